The first-order valence-corrected chi connectivity index (χ1v) is 8.44. The van der Waals surface area contributed by atoms with E-state index in [0.717, 1.165) is 4.90 Å². The second-order valence-corrected chi connectivity index (χ2v) is 6.52. The van der Waals surface area contributed by atoms with E-state index in [-0.39, 0.29) is 0 Å². The number of carbonyl (C=O) groups is 4. The summed E-state index contributed by atoms with van der Waals surface area (Å²) >= 11 is 5.95. The molecule has 0 spiro atoms. The number of nitrogens with one attached hydrogen (secondary N) is 2. The average Bonchev–Trinajstić information content (AvgIpc) is 2.80. The zero-order valence-electron chi connectivity index (χ0n) is 14.7. The number of hydrogen-bond acceptors (Lipinski definition) is 5. The van der Waals surface area contributed by atoms with Gasteiger partial charge in [0.25, 0.3) is 11.8 Å². The molecule has 9 heteroatoms. The van der Waals surface area contributed by atoms with Crippen molar-refractivity contribution in [2.45, 2.75) is 38.8 Å². The van der Waals surface area contributed by atoms with Gasteiger partial charge in [0.2, 0.25) is 0 Å². The van der Waals surface area contributed by atoms with Crippen molar-refractivity contribution >= 4 is 41.1 Å². The van der Waals surface area contributed by atoms with Crippen molar-refractivity contribution in [1.29, 1.82) is 0 Å². The van der Waals surface area contributed by atoms with Crippen molar-refractivity contribution in [1.82, 2.24) is 10.2 Å². The molecule has 0 saturated carbocycles. The Balaban J connectivity index is 1.93. The van der Waals surface area contributed by atoms with Crippen LogP contribution in [0, 0.1) is 0 Å². The average molecular weight is 382 g/mol. The number of urea groups is 1. The number of esters is 1. The molecule has 2 rings (SSSR count). The lowest BCUT2D eigenvalue weighted by molar-refractivity contribution is -0.155. The summed E-state index contributed by atoms with van der Waals surface area (Å²) < 4.78 is 5.02. The predicted molar refractivity (Wildman–Crippen MR) is 94.6 cm³/mol. The highest BCUT2D eigenvalue weighted by atomic mass is 35.5. The van der Waals surface area contributed by atoms with E-state index in [1.165, 1.54) is 6.92 Å². The van der Waals surface area contributed by atoms with Crippen LogP contribution in [0.1, 0.15) is 27.2 Å². The van der Waals surface area contributed by atoms with Crippen molar-refractivity contribution in [3.8, 4) is 0 Å². The van der Waals surface area contributed by atoms with E-state index in [2.05, 4.69) is 10.6 Å². The molecule has 26 heavy (non-hydrogen) atoms. The summed E-state index contributed by atoms with van der Waals surface area (Å²) in [4.78, 5) is 49.0. The van der Waals surface area contributed by atoms with E-state index in [4.69, 9.17) is 16.3 Å². The molecule has 4 amide bonds. The summed E-state index contributed by atoms with van der Waals surface area (Å²) in [5.74, 6) is -1.95. The second kappa shape index (κ2) is 7.74. The standard InChI is InChI=1S/C17H20ClN3O5/c1-4-17(3)15(24)21(16(25)20-17)9-13(22)26-10(2)14(23)19-12-8-6-5-7-11(12)18/h5-8,10H,4,9H2,1-3H3,(H,19,23)(H,20,25)/t10-,17+/m1/s1. The lowest BCUT2D eigenvalue weighted by Gasteiger charge is -2.19. The Hall–Kier alpha value is -2.61. The number of carbonyl (C=O) groups excluding carboxylic acids is 4. The van der Waals surface area contributed by atoms with Crippen LogP contribution in [-0.4, -0.2) is 46.9 Å². The molecule has 1 heterocycles. The zero-order chi connectivity index (χ0) is 19.5. The van der Waals surface area contributed by atoms with Gasteiger partial charge < -0.3 is 15.4 Å². The molecule has 2 N–H and O–H groups in total. The predicted octanol–water partition coefficient (Wildman–Crippen LogP) is 1.93. The first-order chi connectivity index (χ1) is 12.2. The maximum absolute atomic E-state index is 12.2. The lowest BCUT2D eigenvalue weighted by Crippen LogP contribution is -2.44. The Morgan fingerprint density at radius 2 is 2.00 bits per heavy atom. The minimum absolute atomic E-state index is 0.345. The minimum Gasteiger partial charge on any atom is -0.451 e. The number of hydrogen-bond donors (Lipinski definition) is 2. The highest BCUT2D eigenvalue weighted by molar-refractivity contribution is 6.33. The van der Waals surface area contributed by atoms with Gasteiger partial charge in [-0.1, -0.05) is 30.7 Å². The van der Waals surface area contributed by atoms with Crippen molar-refractivity contribution in [2.24, 2.45) is 0 Å². The molecule has 0 aliphatic carbocycles. The smallest absolute Gasteiger partial charge is 0.327 e. The number of ether oxygens (including phenoxy) is 1. The van der Waals surface area contributed by atoms with Crippen LogP contribution in [0.2, 0.25) is 5.02 Å². The number of amides is 4. The summed E-state index contributed by atoms with van der Waals surface area (Å²) in [6, 6.07) is 5.96. The van der Waals surface area contributed by atoms with Crippen LogP contribution in [-0.2, 0) is 19.1 Å². The number of anilines is 1. The molecule has 1 aliphatic rings. The number of nitrogens with zero attached hydrogens (tertiary/aromatic N) is 1. The van der Waals surface area contributed by atoms with Gasteiger partial charge in [0.05, 0.1) is 10.7 Å². The van der Waals surface area contributed by atoms with Gasteiger partial charge >= 0.3 is 12.0 Å². The highest BCUT2D eigenvalue weighted by Gasteiger charge is 2.47. The van der Waals surface area contributed by atoms with E-state index in [1.54, 1.807) is 38.1 Å². The van der Waals surface area contributed by atoms with Crippen molar-refractivity contribution in [2.75, 3.05) is 11.9 Å². The Bertz CT molecular complexity index is 754. The number of rotatable bonds is 6. The minimum atomic E-state index is -1.13. The first-order valence-electron chi connectivity index (χ1n) is 8.07. The summed E-state index contributed by atoms with van der Waals surface area (Å²) in [5.41, 5.74) is -0.653. The third kappa shape index (κ3) is 4.13. The van der Waals surface area contributed by atoms with Crippen molar-refractivity contribution < 1.29 is 23.9 Å². The topological polar surface area (TPSA) is 105 Å². The molecular weight excluding hydrogens is 362 g/mol. The number of imide groups is 1. The Kier molecular flexibility index (Phi) is 5.86. The fourth-order valence-electron chi connectivity index (χ4n) is 2.34. The monoisotopic (exact) mass is 381 g/mol. The van der Waals surface area contributed by atoms with Gasteiger partial charge in [-0.3, -0.25) is 19.3 Å². The quantitative estimate of drug-likeness (QED) is 0.578. The summed E-state index contributed by atoms with van der Waals surface area (Å²) in [5, 5.41) is 5.42. The van der Waals surface area contributed by atoms with Crippen LogP contribution in [0.5, 0.6) is 0 Å². The maximum Gasteiger partial charge on any atom is 0.327 e. The second-order valence-electron chi connectivity index (χ2n) is 6.11. The summed E-state index contributed by atoms with van der Waals surface area (Å²) in [6.07, 6.45) is -0.739. The zero-order valence-corrected chi connectivity index (χ0v) is 15.4. The normalized spacial score (nSPS) is 20.5. The van der Waals surface area contributed by atoms with Crippen LogP contribution in [0.15, 0.2) is 24.3 Å². The van der Waals surface area contributed by atoms with E-state index in [0.29, 0.717) is 17.1 Å². The van der Waals surface area contributed by atoms with Crippen molar-refractivity contribution in [3.63, 3.8) is 0 Å². The van der Waals surface area contributed by atoms with Crippen LogP contribution in [0.4, 0.5) is 10.5 Å². The van der Waals surface area contributed by atoms with Gasteiger partial charge in [-0.05, 0) is 32.4 Å². The van der Waals surface area contributed by atoms with E-state index < -0.39 is 42.0 Å². The van der Waals surface area contributed by atoms with Gasteiger partial charge in [-0.15, -0.1) is 0 Å². The van der Waals surface area contributed by atoms with Crippen LogP contribution >= 0.6 is 11.6 Å². The van der Waals surface area contributed by atoms with Crippen molar-refractivity contribution in [3.05, 3.63) is 29.3 Å². The fourth-order valence-corrected chi connectivity index (χ4v) is 2.53. The van der Waals surface area contributed by atoms with E-state index >= 15 is 0 Å². The molecule has 0 radical (unpaired) electrons. The molecule has 1 aromatic rings. The van der Waals surface area contributed by atoms with Gasteiger partial charge in [0.1, 0.15) is 12.1 Å². The molecule has 2 atom stereocenters. The summed E-state index contributed by atoms with van der Waals surface area (Å²) in [7, 11) is 0. The molecule has 0 aromatic heterocycles. The van der Waals surface area contributed by atoms with Gasteiger partial charge in [-0.2, -0.15) is 0 Å². The number of halogens is 1. The van der Waals surface area contributed by atoms with Gasteiger partial charge in [0.15, 0.2) is 6.10 Å². The third-order valence-corrected chi connectivity index (χ3v) is 4.48. The molecule has 0 bridgehead atoms. The fraction of sp³-hybridized carbons (Fsp3) is 0.412. The largest absolute Gasteiger partial charge is 0.451 e. The number of para-hydroxylation sites is 1. The molecule has 1 saturated heterocycles. The van der Waals surface area contributed by atoms with E-state index in [9.17, 15) is 19.2 Å². The van der Waals surface area contributed by atoms with Gasteiger partial charge in [-0.25, -0.2) is 4.79 Å². The molecule has 0 unspecified atom stereocenters. The lowest BCUT2D eigenvalue weighted by atomic mass is 9.99. The first kappa shape index (κ1) is 19.7. The van der Waals surface area contributed by atoms with Gasteiger partial charge in [0, 0.05) is 0 Å². The Morgan fingerprint density at radius 1 is 1.35 bits per heavy atom. The molecule has 8 nitrogen and oxygen atoms in total. The van der Waals surface area contributed by atoms with Crippen LogP contribution < -0.4 is 10.6 Å². The number of benzene rings is 1. The summed E-state index contributed by atoms with van der Waals surface area (Å²) in [6.45, 7) is 4.15. The molecule has 140 valence electrons. The molecular formula is C17H20ClN3O5. The maximum atomic E-state index is 12.2. The molecule has 1 aromatic carbocycles. The Labute approximate surface area is 155 Å². The van der Waals surface area contributed by atoms with Crippen LogP contribution in [0.25, 0.3) is 0 Å². The molecule has 1 aliphatic heterocycles. The molecule has 1 fully saturated rings. The van der Waals surface area contributed by atoms with Crippen LogP contribution in [0.3, 0.4) is 0 Å². The third-order valence-electron chi connectivity index (χ3n) is 4.15. The SMILES string of the molecule is CC[C@]1(C)NC(=O)N(CC(=O)O[C@H](C)C(=O)Nc2ccccc2Cl)C1=O. The van der Waals surface area contributed by atoms with E-state index in [1.807, 2.05) is 0 Å². The Morgan fingerprint density at radius 3 is 2.58 bits per heavy atom. The highest BCUT2D eigenvalue weighted by Crippen LogP contribution is 2.22.